The summed E-state index contributed by atoms with van der Waals surface area (Å²) in [6.45, 7) is 4.23. The zero-order chi connectivity index (χ0) is 24.8. The Kier molecular flexibility index (Phi) is 5.82. The van der Waals surface area contributed by atoms with Gasteiger partial charge in [0, 0.05) is 23.9 Å². The molecule has 2 saturated carbocycles. The lowest BCUT2D eigenvalue weighted by atomic mass is 9.87. The average Bonchev–Trinajstić information content (AvgIpc) is 3.26. The fourth-order valence-electron chi connectivity index (χ4n) is 5.89. The molecule has 2 aromatic rings. The van der Waals surface area contributed by atoms with Gasteiger partial charge >= 0.3 is 12.1 Å². The number of carbonyl (C=O) groups is 3. The van der Waals surface area contributed by atoms with E-state index >= 15 is 0 Å². The van der Waals surface area contributed by atoms with Crippen molar-refractivity contribution in [2.24, 2.45) is 16.7 Å². The normalized spacial score (nSPS) is 24.2. The molecule has 0 radical (unpaired) electrons. The van der Waals surface area contributed by atoms with Crippen LogP contribution in [-0.4, -0.2) is 42.3 Å². The summed E-state index contributed by atoms with van der Waals surface area (Å²) in [4.78, 5) is 36.7. The highest BCUT2D eigenvalue weighted by Gasteiger charge is 2.65. The quantitative estimate of drug-likeness (QED) is 0.527. The van der Waals surface area contributed by atoms with Crippen molar-refractivity contribution in [1.29, 1.82) is 0 Å². The van der Waals surface area contributed by atoms with Gasteiger partial charge in [0.05, 0.1) is 5.41 Å². The molecule has 3 N–H and O–H groups in total. The van der Waals surface area contributed by atoms with Crippen LogP contribution in [0.25, 0.3) is 11.1 Å². The first kappa shape index (κ1) is 23.4. The average molecular weight is 477 g/mol. The van der Waals surface area contributed by atoms with Crippen LogP contribution in [0.2, 0.25) is 0 Å². The van der Waals surface area contributed by atoms with Crippen LogP contribution in [0.4, 0.5) is 4.79 Å². The van der Waals surface area contributed by atoms with Crippen LogP contribution >= 0.6 is 0 Å². The second-order valence-electron chi connectivity index (χ2n) is 10.9. The number of alkyl carbamates (subject to hydrolysis) is 1. The second kappa shape index (κ2) is 8.70. The molecule has 184 valence electrons. The van der Waals surface area contributed by atoms with Gasteiger partial charge in [-0.05, 0) is 53.9 Å². The van der Waals surface area contributed by atoms with Crippen molar-refractivity contribution < 1.29 is 24.2 Å². The smallest absolute Gasteiger partial charge is 0.407 e. The molecule has 0 bridgehead atoms. The third kappa shape index (κ3) is 4.28. The van der Waals surface area contributed by atoms with Gasteiger partial charge in [-0.1, -0.05) is 62.4 Å². The van der Waals surface area contributed by atoms with E-state index in [0.717, 1.165) is 24.0 Å². The fraction of sp³-hybridized carbons (Fsp3) is 0.464. The number of aliphatic carboxylic acids is 1. The Bertz CT molecular complexity index is 1130. The van der Waals surface area contributed by atoms with E-state index in [4.69, 9.17) is 4.74 Å². The van der Waals surface area contributed by atoms with Gasteiger partial charge in [-0.2, -0.15) is 0 Å². The summed E-state index contributed by atoms with van der Waals surface area (Å²) in [5, 5.41) is 15.2. The molecule has 7 nitrogen and oxygen atoms in total. The lowest BCUT2D eigenvalue weighted by Gasteiger charge is -2.27. The van der Waals surface area contributed by atoms with Gasteiger partial charge in [-0.3, -0.25) is 9.59 Å². The molecule has 0 aliphatic heterocycles. The molecular formula is C28H32N2O5. The Hall–Kier alpha value is -3.35. The van der Waals surface area contributed by atoms with Crippen LogP contribution in [0.5, 0.6) is 0 Å². The third-order valence-electron chi connectivity index (χ3n) is 8.15. The highest BCUT2D eigenvalue weighted by atomic mass is 16.5. The summed E-state index contributed by atoms with van der Waals surface area (Å²) in [6, 6.07) is 16.3. The molecular weight excluding hydrogens is 444 g/mol. The summed E-state index contributed by atoms with van der Waals surface area (Å²) in [6.07, 6.45) is 1.91. The van der Waals surface area contributed by atoms with Crippen molar-refractivity contribution in [2.75, 3.05) is 13.2 Å². The van der Waals surface area contributed by atoms with Crippen LogP contribution in [0.3, 0.4) is 0 Å². The van der Waals surface area contributed by atoms with Crippen molar-refractivity contribution in [2.45, 2.75) is 51.5 Å². The van der Waals surface area contributed by atoms with Crippen LogP contribution < -0.4 is 10.6 Å². The lowest BCUT2D eigenvalue weighted by Crippen LogP contribution is -2.44. The number of carbonyl (C=O) groups excluding carboxylic acids is 2. The monoisotopic (exact) mass is 476 g/mol. The Morgan fingerprint density at radius 3 is 2.26 bits per heavy atom. The fourth-order valence-corrected chi connectivity index (χ4v) is 5.89. The van der Waals surface area contributed by atoms with E-state index in [0.29, 0.717) is 19.4 Å². The van der Waals surface area contributed by atoms with Crippen LogP contribution in [0, 0.1) is 16.7 Å². The Morgan fingerprint density at radius 2 is 1.66 bits per heavy atom. The zero-order valence-corrected chi connectivity index (χ0v) is 20.2. The maximum Gasteiger partial charge on any atom is 0.407 e. The van der Waals surface area contributed by atoms with E-state index in [1.807, 2.05) is 38.1 Å². The van der Waals surface area contributed by atoms with E-state index in [9.17, 15) is 19.5 Å². The van der Waals surface area contributed by atoms with Crippen LogP contribution in [0.15, 0.2) is 48.5 Å². The molecule has 0 spiro atoms. The maximum atomic E-state index is 12.8. The third-order valence-corrected chi connectivity index (χ3v) is 8.15. The van der Waals surface area contributed by atoms with E-state index in [2.05, 4.69) is 34.9 Å². The van der Waals surface area contributed by atoms with Crippen molar-refractivity contribution in [3.63, 3.8) is 0 Å². The summed E-state index contributed by atoms with van der Waals surface area (Å²) in [5.74, 6) is -0.671. The summed E-state index contributed by atoms with van der Waals surface area (Å²) in [5.41, 5.74) is 3.37. The second-order valence-corrected chi connectivity index (χ2v) is 10.9. The first-order valence-electron chi connectivity index (χ1n) is 12.3. The van der Waals surface area contributed by atoms with Gasteiger partial charge < -0.3 is 20.5 Å². The summed E-state index contributed by atoms with van der Waals surface area (Å²) >= 11 is 0. The van der Waals surface area contributed by atoms with Crippen molar-refractivity contribution in [1.82, 2.24) is 10.6 Å². The first-order chi connectivity index (χ1) is 16.7. The molecule has 2 amide bonds. The minimum absolute atomic E-state index is 0.00193. The van der Waals surface area contributed by atoms with Gasteiger partial charge in [0.1, 0.15) is 6.61 Å². The number of nitrogens with one attached hydrogen (secondary N) is 2. The van der Waals surface area contributed by atoms with E-state index in [1.165, 1.54) is 11.1 Å². The van der Waals surface area contributed by atoms with E-state index in [-0.39, 0.29) is 30.4 Å². The predicted octanol–water partition coefficient (Wildman–Crippen LogP) is 4.31. The SMILES string of the molecule is CC(C)(CCNC(=O)OCC1c2ccccc2-c2ccccc21)C(=O)N[C@@H]1C[C@H]2C[C@@]2(C(=O)O)C1. The predicted molar refractivity (Wildman–Crippen MR) is 131 cm³/mol. The topological polar surface area (TPSA) is 105 Å². The summed E-state index contributed by atoms with van der Waals surface area (Å²) < 4.78 is 5.57. The number of fused-ring (bicyclic) bond motifs is 4. The lowest BCUT2D eigenvalue weighted by molar-refractivity contribution is -0.144. The molecule has 3 aliphatic rings. The largest absolute Gasteiger partial charge is 0.481 e. The molecule has 2 aromatic carbocycles. The zero-order valence-electron chi connectivity index (χ0n) is 20.2. The molecule has 5 rings (SSSR count). The maximum absolute atomic E-state index is 12.8. The Balaban J connectivity index is 1.09. The molecule has 35 heavy (non-hydrogen) atoms. The van der Waals surface area contributed by atoms with Gasteiger partial charge in [-0.15, -0.1) is 0 Å². The van der Waals surface area contributed by atoms with Crippen molar-refractivity contribution >= 4 is 18.0 Å². The molecule has 2 fully saturated rings. The van der Waals surface area contributed by atoms with E-state index in [1.54, 1.807) is 0 Å². The molecule has 0 saturated heterocycles. The number of amides is 2. The van der Waals surface area contributed by atoms with Gasteiger partial charge in [0.25, 0.3) is 0 Å². The number of hydrogen-bond acceptors (Lipinski definition) is 4. The molecule has 3 atom stereocenters. The number of rotatable bonds is 8. The van der Waals surface area contributed by atoms with Crippen molar-refractivity contribution in [3.05, 3.63) is 59.7 Å². The van der Waals surface area contributed by atoms with Crippen molar-refractivity contribution in [3.8, 4) is 11.1 Å². The minimum Gasteiger partial charge on any atom is -0.481 e. The van der Waals surface area contributed by atoms with Gasteiger partial charge in [0.15, 0.2) is 0 Å². The molecule has 3 aliphatic carbocycles. The molecule has 0 unspecified atom stereocenters. The Morgan fingerprint density at radius 1 is 1.03 bits per heavy atom. The van der Waals surface area contributed by atoms with Crippen LogP contribution in [0.1, 0.15) is 56.6 Å². The number of ether oxygens (including phenoxy) is 1. The first-order valence-corrected chi connectivity index (χ1v) is 12.3. The number of carboxylic acids is 1. The number of hydrogen-bond donors (Lipinski definition) is 3. The van der Waals surface area contributed by atoms with E-state index < -0.39 is 22.9 Å². The minimum atomic E-state index is -0.745. The number of benzene rings is 2. The highest BCUT2D eigenvalue weighted by molar-refractivity contribution is 5.83. The molecule has 7 heteroatoms. The molecule has 0 heterocycles. The van der Waals surface area contributed by atoms with Crippen LogP contribution in [-0.2, 0) is 14.3 Å². The van der Waals surface area contributed by atoms with Gasteiger partial charge in [0.2, 0.25) is 5.91 Å². The molecule has 0 aromatic heterocycles. The summed E-state index contributed by atoms with van der Waals surface area (Å²) in [7, 11) is 0. The Labute approximate surface area is 205 Å². The highest BCUT2D eigenvalue weighted by Crippen LogP contribution is 2.63. The standard InChI is InChI=1S/C28H32N2O5/c1-27(2,24(31)30-18-13-17-14-28(17,15-18)25(32)33)11-12-29-26(34)35-16-23-21-9-5-3-7-19(21)20-8-4-6-10-22(20)23/h3-10,17-18,23H,11-16H2,1-2H3,(H,29,34)(H,30,31)(H,32,33)/t17-,18+,28+/m0/s1. The van der Waals surface area contributed by atoms with Gasteiger partial charge in [-0.25, -0.2) is 4.79 Å². The number of carboxylic acid groups (broad SMARTS) is 1.